The van der Waals surface area contributed by atoms with E-state index in [2.05, 4.69) is 30.3 Å². The molecule has 4 aromatic rings. The SMILES string of the molecule is C=CCCOc1ccccc1C(c1ccccc1)N1CN(CC=C)C(=O)c2c(OCc3ccccc3)c(=O)ccn21. The Morgan fingerprint density at radius 1 is 0.829 bits per heavy atom. The van der Waals surface area contributed by atoms with Crippen molar-refractivity contribution in [3.8, 4) is 11.5 Å². The second-order valence-electron chi connectivity index (χ2n) is 9.65. The number of benzene rings is 3. The molecule has 0 bridgehead atoms. The van der Waals surface area contributed by atoms with Gasteiger partial charge in [0.2, 0.25) is 5.43 Å². The highest BCUT2D eigenvalue weighted by atomic mass is 16.5. The number of hydrogen-bond donors (Lipinski definition) is 0. The zero-order valence-corrected chi connectivity index (χ0v) is 22.9. The van der Waals surface area contributed by atoms with Gasteiger partial charge in [0.1, 0.15) is 25.1 Å². The maximum absolute atomic E-state index is 13.9. The number of carbonyl (C=O) groups is 1. The molecular weight excluding hydrogens is 514 g/mol. The predicted octanol–water partition coefficient (Wildman–Crippen LogP) is 5.71. The minimum atomic E-state index is -0.361. The van der Waals surface area contributed by atoms with E-state index in [9.17, 15) is 9.59 Å². The van der Waals surface area contributed by atoms with Gasteiger partial charge in [0.15, 0.2) is 11.4 Å². The third-order valence-corrected chi connectivity index (χ3v) is 6.90. The highest BCUT2D eigenvalue weighted by Crippen LogP contribution is 2.36. The summed E-state index contributed by atoms with van der Waals surface area (Å²) in [5.41, 5.74) is 2.63. The summed E-state index contributed by atoms with van der Waals surface area (Å²) in [6, 6.07) is 28.6. The first-order chi connectivity index (χ1) is 20.1. The molecule has 0 spiro atoms. The van der Waals surface area contributed by atoms with Crippen LogP contribution < -0.4 is 19.9 Å². The molecule has 1 unspecified atom stereocenters. The molecule has 1 aromatic heterocycles. The van der Waals surface area contributed by atoms with Gasteiger partial charge in [-0.1, -0.05) is 91.0 Å². The van der Waals surface area contributed by atoms with E-state index < -0.39 is 0 Å². The zero-order valence-electron chi connectivity index (χ0n) is 22.9. The summed E-state index contributed by atoms with van der Waals surface area (Å²) in [6.45, 7) is 8.86. The summed E-state index contributed by atoms with van der Waals surface area (Å²) in [7, 11) is 0. The van der Waals surface area contributed by atoms with Gasteiger partial charge in [-0.15, -0.1) is 13.2 Å². The molecule has 0 saturated heterocycles. The average molecular weight is 548 g/mol. The minimum Gasteiger partial charge on any atom is -0.493 e. The first kappa shape index (κ1) is 27.5. The number of carbonyl (C=O) groups excluding carboxylic acids is 1. The van der Waals surface area contributed by atoms with E-state index in [1.165, 1.54) is 6.07 Å². The van der Waals surface area contributed by atoms with E-state index in [4.69, 9.17) is 9.47 Å². The molecule has 208 valence electrons. The molecule has 1 atom stereocenters. The summed E-state index contributed by atoms with van der Waals surface area (Å²) >= 11 is 0. The lowest BCUT2D eigenvalue weighted by atomic mass is 9.97. The maximum atomic E-state index is 13.9. The van der Waals surface area contributed by atoms with Crippen LogP contribution in [-0.4, -0.2) is 35.3 Å². The molecule has 0 N–H and O–H groups in total. The van der Waals surface area contributed by atoms with E-state index in [1.54, 1.807) is 21.8 Å². The van der Waals surface area contributed by atoms with Crippen LogP contribution in [-0.2, 0) is 6.61 Å². The molecule has 3 aromatic carbocycles. The van der Waals surface area contributed by atoms with E-state index in [1.807, 2.05) is 78.9 Å². The number of rotatable bonds is 12. The van der Waals surface area contributed by atoms with Gasteiger partial charge in [0, 0.05) is 24.4 Å². The molecule has 7 nitrogen and oxygen atoms in total. The number of para-hydroxylation sites is 1. The summed E-state index contributed by atoms with van der Waals surface area (Å²) in [5, 5.41) is 2.06. The van der Waals surface area contributed by atoms with Crippen molar-refractivity contribution in [1.29, 1.82) is 0 Å². The van der Waals surface area contributed by atoms with Crippen LogP contribution in [0.3, 0.4) is 0 Å². The van der Waals surface area contributed by atoms with Crippen LogP contribution in [0.5, 0.6) is 11.5 Å². The minimum absolute atomic E-state index is 0.0162. The van der Waals surface area contributed by atoms with Crippen LogP contribution in [0.15, 0.2) is 127 Å². The molecule has 41 heavy (non-hydrogen) atoms. The van der Waals surface area contributed by atoms with Gasteiger partial charge < -0.3 is 14.4 Å². The van der Waals surface area contributed by atoms with Gasteiger partial charge in [-0.25, -0.2) is 0 Å². The molecule has 1 aliphatic heterocycles. The summed E-state index contributed by atoms with van der Waals surface area (Å²) in [4.78, 5) is 28.7. The lowest BCUT2D eigenvalue weighted by Gasteiger charge is -2.44. The Kier molecular flexibility index (Phi) is 8.64. The predicted molar refractivity (Wildman–Crippen MR) is 161 cm³/mol. The van der Waals surface area contributed by atoms with Crippen LogP contribution in [0.1, 0.15) is 39.6 Å². The smallest absolute Gasteiger partial charge is 0.278 e. The van der Waals surface area contributed by atoms with Crippen LogP contribution in [0, 0.1) is 0 Å². The molecular formula is C34H33N3O4. The van der Waals surface area contributed by atoms with Crippen molar-refractivity contribution in [3.63, 3.8) is 0 Å². The second-order valence-corrected chi connectivity index (χ2v) is 9.65. The molecule has 1 aliphatic rings. The number of fused-ring (bicyclic) bond motifs is 1. The van der Waals surface area contributed by atoms with Gasteiger partial charge >= 0.3 is 0 Å². The van der Waals surface area contributed by atoms with Crippen molar-refractivity contribution in [2.45, 2.75) is 19.1 Å². The largest absolute Gasteiger partial charge is 0.493 e. The summed E-state index contributed by atoms with van der Waals surface area (Å²) in [5.74, 6) is 0.449. The van der Waals surface area contributed by atoms with Gasteiger partial charge in [0.25, 0.3) is 5.91 Å². The molecule has 2 heterocycles. The van der Waals surface area contributed by atoms with Gasteiger partial charge in [-0.2, -0.15) is 0 Å². The lowest BCUT2D eigenvalue weighted by molar-refractivity contribution is 0.0698. The molecule has 0 saturated carbocycles. The highest BCUT2D eigenvalue weighted by Gasteiger charge is 2.37. The second kappa shape index (κ2) is 12.9. The van der Waals surface area contributed by atoms with Crippen molar-refractivity contribution in [1.82, 2.24) is 9.58 Å². The molecule has 0 radical (unpaired) electrons. The van der Waals surface area contributed by atoms with Gasteiger partial charge in [0.05, 0.1) is 6.61 Å². The van der Waals surface area contributed by atoms with Crippen LogP contribution in [0.2, 0.25) is 0 Å². The molecule has 0 fully saturated rings. The quantitative estimate of drug-likeness (QED) is 0.168. The number of ether oxygens (including phenoxy) is 2. The van der Waals surface area contributed by atoms with E-state index in [0.717, 1.165) is 22.4 Å². The monoisotopic (exact) mass is 547 g/mol. The fraction of sp³-hybridized carbons (Fsp3) is 0.176. The number of amides is 1. The Morgan fingerprint density at radius 3 is 2.27 bits per heavy atom. The van der Waals surface area contributed by atoms with Crippen molar-refractivity contribution >= 4 is 5.91 Å². The van der Waals surface area contributed by atoms with Crippen LogP contribution >= 0.6 is 0 Å². The Bertz CT molecular complexity index is 1570. The van der Waals surface area contributed by atoms with Crippen molar-refractivity contribution < 1.29 is 14.3 Å². The Balaban J connectivity index is 1.66. The molecule has 7 heteroatoms. The average Bonchev–Trinajstić information content (AvgIpc) is 3.01. The fourth-order valence-corrected chi connectivity index (χ4v) is 4.98. The topological polar surface area (TPSA) is 64.0 Å². The highest BCUT2D eigenvalue weighted by molar-refractivity contribution is 5.96. The molecule has 5 rings (SSSR count). The van der Waals surface area contributed by atoms with Crippen molar-refractivity contribution in [3.05, 3.63) is 155 Å². The first-order valence-electron chi connectivity index (χ1n) is 13.6. The summed E-state index contributed by atoms with van der Waals surface area (Å²) < 4.78 is 14.0. The fourth-order valence-electron chi connectivity index (χ4n) is 4.98. The Morgan fingerprint density at radius 2 is 1.54 bits per heavy atom. The lowest BCUT2D eigenvalue weighted by Crippen LogP contribution is -2.55. The number of nitrogens with zero attached hydrogens (tertiary/aromatic N) is 3. The molecule has 1 amide bonds. The van der Waals surface area contributed by atoms with Gasteiger partial charge in [-0.3, -0.25) is 19.3 Å². The Hall–Kier alpha value is -5.04. The third kappa shape index (κ3) is 5.94. The standard InChI is InChI=1S/C34H33N3O4/c1-3-5-23-40-30-19-13-12-18-28(30)31(27-16-10-7-11-17-27)37-25-35(21-4-2)34(39)32-33(29(38)20-22-36(32)37)41-24-26-14-8-6-9-15-26/h3-4,6-20,22,31H,1-2,5,21,23-25H2. The van der Waals surface area contributed by atoms with Gasteiger partial charge in [-0.05, 0) is 23.6 Å². The van der Waals surface area contributed by atoms with E-state index in [-0.39, 0.29) is 42.1 Å². The van der Waals surface area contributed by atoms with Crippen LogP contribution in [0.4, 0.5) is 0 Å². The first-order valence-corrected chi connectivity index (χ1v) is 13.6. The number of pyridine rings is 1. The Labute approximate surface area is 240 Å². The number of hydrogen-bond acceptors (Lipinski definition) is 5. The van der Waals surface area contributed by atoms with Crippen molar-refractivity contribution in [2.24, 2.45) is 0 Å². The van der Waals surface area contributed by atoms with Crippen LogP contribution in [0.25, 0.3) is 0 Å². The maximum Gasteiger partial charge on any atom is 0.278 e. The third-order valence-electron chi connectivity index (χ3n) is 6.90. The van der Waals surface area contributed by atoms with E-state index in [0.29, 0.717) is 19.6 Å². The molecule has 0 aliphatic carbocycles. The zero-order chi connectivity index (χ0) is 28.6. The normalized spacial score (nSPS) is 13.3. The summed E-state index contributed by atoms with van der Waals surface area (Å²) in [6.07, 6.45) is 5.86. The number of aromatic nitrogens is 1. The van der Waals surface area contributed by atoms with E-state index >= 15 is 0 Å². The van der Waals surface area contributed by atoms with Crippen molar-refractivity contribution in [2.75, 3.05) is 24.8 Å².